The lowest BCUT2D eigenvalue weighted by Gasteiger charge is -2.37. The third kappa shape index (κ3) is 6.40. The fraction of sp³-hybridized carbons (Fsp3) is 0.591. The fourth-order valence-electron chi connectivity index (χ4n) is 3.18. The Bertz CT molecular complexity index is 847. The van der Waals surface area contributed by atoms with Crippen molar-refractivity contribution >= 4 is 11.8 Å². The number of nitrogens with zero attached hydrogens (tertiary/aromatic N) is 3. The van der Waals surface area contributed by atoms with E-state index in [-0.39, 0.29) is 48.9 Å². The predicted octanol–water partition coefficient (Wildman–Crippen LogP) is 0.139. The van der Waals surface area contributed by atoms with Gasteiger partial charge in [-0.2, -0.15) is 0 Å². The molecule has 2 heterocycles. The van der Waals surface area contributed by atoms with Crippen LogP contribution in [-0.2, 0) is 9.53 Å². The maximum atomic E-state index is 13.3. The molecule has 0 saturated carbocycles. The molecular weight excluding hydrogens is 402 g/mol. The zero-order valence-electron chi connectivity index (χ0n) is 18.7. The van der Waals surface area contributed by atoms with E-state index in [4.69, 9.17) is 9.47 Å². The number of aromatic nitrogens is 1. The summed E-state index contributed by atoms with van der Waals surface area (Å²) in [6.45, 7) is 5.62. The van der Waals surface area contributed by atoms with E-state index in [1.165, 1.54) is 18.2 Å². The third-order valence-corrected chi connectivity index (χ3v) is 5.09. The number of hydrogen-bond acceptors (Lipinski definition) is 7. The summed E-state index contributed by atoms with van der Waals surface area (Å²) in [5, 5.41) is 19.1. The molecule has 9 nitrogen and oxygen atoms in total. The molecule has 2 amide bonds. The van der Waals surface area contributed by atoms with E-state index in [9.17, 15) is 19.8 Å². The molecule has 4 atom stereocenters. The first-order valence-electron chi connectivity index (χ1n) is 10.2. The monoisotopic (exact) mass is 433 g/mol. The van der Waals surface area contributed by atoms with Crippen LogP contribution in [0, 0.1) is 17.8 Å². The largest absolute Gasteiger partial charge is 0.472 e. The Labute approximate surface area is 183 Å². The van der Waals surface area contributed by atoms with E-state index in [1.807, 2.05) is 6.92 Å². The van der Waals surface area contributed by atoms with Gasteiger partial charge in [-0.1, -0.05) is 18.8 Å². The number of fused-ring (bicyclic) bond motifs is 1. The van der Waals surface area contributed by atoms with Crippen LogP contribution >= 0.6 is 0 Å². The molecule has 9 heteroatoms. The van der Waals surface area contributed by atoms with E-state index >= 15 is 0 Å². The van der Waals surface area contributed by atoms with Crippen LogP contribution in [-0.4, -0.2) is 95.5 Å². The van der Waals surface area contributed by atoms with E-state index < -0.39 is 18.2 Å². The Kier molecular flexibility index (Phi) is 8.80. The minimum Gasteiger partial charge on any atom is -0.472 e. The molecule has 2 rings (SSSR count). The van der Waals surface area contributed by atoms with Gasteiger partial charge in [-0.15, -0.1) is 0 Å². The number of ether oxygens (including phenoxy) is 2. The molecule has 0 aliphatic carbocycles. The van der Waals surface area contributed by atoms with E-state index in [0.29, 0.717) is 12.1 Å². The molecule has 2 N–H and O–H groups in total. The second-order valence-corrected chi connectivity index (χ2v) is 7.85. The number of amides is 2. The van der Waals surface area contributed by atoms with Gasteiger partial charge in [0.15, 0.2) is 0 Å². The Morgan fingerprint density at radius 2 is 2.19 bits per heavy atom. The highest BCUT2D eigenvalue weighted by molar-refractivity contribution is 5.97. The average Bonchev–Trinajstić information content (AvgIpc) is 2.74. The normalized spacial score (nSPS) is 20.4. The van der Waals surface area contributed by atoms with Gasteiger partial charge in [-0.3, -0.25) is 9.59 Å². The van der Waals surface area contributed by atoms with Crippen LogP contribution in [0.25, 0.3) is 0 Å². The van der Waals surface area contributed by atoms with E-state index in [2.05, 4.69) is 16.8 Å². The molecule has 0 radical (unpaired) electrons. The minimum atomic E-state index is -0.815. The van der Waals surface area contributed by atoms with Crippen molar-refractivity contribution in [2.75, 3.05) is 40.5 Å². The Morgan fingerprint density at radius 1 is 1.48 bits per heavy atom. The zero-order chi connectivity index (χ0) is 23.1. The number of hydrogen-bond donors (Lipinski definition) is 2. The van der Waals surface area contributed by atoms with E-state index in [0.717, 1.165) is 0 Å². The third-order valence-electron chi connectivity index (χ3n) is 5.09. The molecule has 0 spiro atoms. The lowest BCUT2D eigenvalue weighted by molar-refractivity contribution is -0.135. The second-order valence-electron chi connectivity index (χ2n) is 7.85. The summed E-state index contributed by atoms with van der Waals surface area (Å²) < 4.78 is 11.0. The van der Waals surface area contributed by atoms with Crippen LogP contribution in [0.1, 0.15) is 36.7 Å². The van der Waals surface area contributed by atoms with E-state index in [1.54, 1.807) is 31.9 Å². The number of carbonyl (C=O) groups excluding carboxylic acids is 2. The number of aliphatic hydroxyl groups is 2. The topological polar surface area (TPSA) is 112 Å². The molecule has 0 unspecified atom stereocenters. The Morgan fingerprint density at radius 3 is 2.81 bits per heavy atom. The molecule has 31 heavy (non-hydrogen) atoms. The van der Waals surface area contributed by atoms with Gasteiger partial charge in [0.2, 0.25) is 11.8 Å². The maximum Gasteiger partial charge on any atom is 0.259 e. The summed E-state index contributed by atoms with van der Waals surface area (Å²) in [6, 6.07) is 1.16. The maximum absolute atomic E-state index is 13.3. The molecule has 0 saturated heterocycles. The molecule has 1 aliphatic heterocycles. The standard InChI is InChI=1S/C22H31N3O6/c1-14-10-25(15(2)12-26)22(29)18-8-17(7-6-16(3)27)9-23-21(18)31-19(14)11-24(4)20(28)13-30-5/h8-9,14-16,19,26-27H,10-13H2,1-5H3/t14-,15-,16+,19-/m1/s1. The van der Waals surface area contributed by atoms with Crippen LogP contribution in [0.15, 0.2) is 12.3 Å². The summed E-state index contributed by atoms with van der Waals surface area (Å²) >= 11 is 0. The van der Waals surface area contributed by atoms with Crippen molar-refractivity contribution in [1.29, 1.82) is 0 Å². The minimum absolute atomic E-state index is 0.0378. The quantitative estimate of drug-likeness (QED) is 0.614. The Hall–Kier alpha value is -2.67. The highest BCUT2D eigenvalue weighted by Gasteiger charge is 2.34. The number of likely N-dealkylation sites (N-methyl/N-ethyl adjacent to an activating group) is 1. The van der Waals surface area contributed by atoms with Gasteiger partial charge in [0.1, 0.15) is 24.4 Å². The molecule has 0 aromatic carbocycles. The summed E-state index contributed by atoms with van der Waals surface area (Å²) in [5.41, 5.74) is 0.686. The lowest BCUT2D eigenvalue weighted by Crippen LogP contribution is -2.50. The first-order chi connectivity index (χ1) is 14.7. The molecule has 0 bridgehead atoms. The molecule has 170 valence electrons. The van der Waals surface area contributed by atoms with Crippen LogP contribution in [0.2, 0.25) is 0 Å². The van der Waals surface area contributed by atoms with Crippen LogP contribution in [0.4, 0.5) is 0 Å². The van der Waals surface area contributed by atoms with Crippen LogP contribution < -0.4 is 4.74 Å². The molecule has 1 aromatic rings. The van der Waals surface area contributed by atoms with Crippen molar-refractivity contribution < 1.29 is 29.3 Å². The number of aliphatic hydroxyl groups excluding tert-OH is 2. The van der Waals surface area contributed by atoms with Crippen molar-refractivity contribution in [1.82, 2.24) is 14.8 Å². The average molecular weight is 434 g/mol. The number of rotatable bonds is 6. The van der Waals surface area contributed by atoms with Gasteiger partial charge < -0.3 is 29.5 Å². The molecule has 0 fully saturated rings. The Balaban J connectivity index is 2.44. The first kappa shape index (κ1) is 24.6. The van der Waals surface area contributed by atoms with Crippen molar-refractivity contribution in [3.63, 3.8) is 0 Å². The van der Waals surface area contributed by atoms with Crippen molar-refractivity contribution in [3.05, 3.63) is 23.4 Å². The van der Waals surface area contributed by atoms with Gasteiger partial charge in [-0.05, 0) is 19.9 Å². The SMILES string of the molecule is COCC(=O)N(C)C[C@H]1Oc2ncc(C#C[C@H](C)O)cc2C(=O)N([C@H](C)CO)C[C@H]1C. The van der Waals surface area contributed by atoms with Crippen LogP contribution in [0.5, 0.6) is 5.88 Å². The van der Waals surface area contributed by atoms with Crippen LogP contribution in [0.3, 0.4) is 0 Å². The summed E-state index contributed by atoms with van der Waals surface area (Å²) in [4.78, 5) is 32.8. The van der Waals surface area contributed by atoms with Crippen molar-refractivity contribution in [2.45, 2.75) is 39.0 Å². The predicted molar refractivity (Wildman–Crippen MR) is 113 cm³/mol. The fourth-order valence-corrected chi connectivity index (χ4v) is 3.18. The summed E-state index contributed by atoms with van der Waals surface area (Å²) in [7, 11) is 3.12. The van der Waals surface area contributed by atoms with Crippen molar-refractivity contribution in [3.8, 4) is 17.7 Å². The highest BCUT2D eigenvalue weighted by atomic mass is 16.5. The van der Waals surface area contributed by atoms with Gasteiger partial charge >= 0.3 is 0 Å². The van der Waals surface area contributed by atoms with Gasteiger partial charge in [0.25, 0.3) is 5.91 Å². The molecular formula is C22H31N3O6. The summed E-state index contributed by atoms with van der Waals surface area (Å²) in [5.74, 6) is 4.91. The summed E-state index contributed by atoms with van der Waals surface area (Å²) in [6.07, 6.45) is 0.225. The zero-order valence-corrected chi connectivity index (χ0v) is 18.7. The molecule has 1 aliphatic rings. The van der Waals surface area contributed by atoms with Crippen molar-refractivity contribution in [2.24, 2.45) is 5.92 Å². The smallest absolute Gasteiger partial charge is 0.259 e. The van der Waals surface area contributed by atoms with Gasteiger partial charge in [0, 0.05) is 38.4 Å². The molecule has 1 aromatic heterocycles. The van der Waals surface area contributed by atoms with Gasteiger partial charge in [0.05, 0.1) is 19.2 Å². The number of pyridine rings is 1. The second kappa shape index (κ2) is 11.1. The number of carbonyl (C=O) groups is 2. The number of methoxy groups -OCH3 is 1. The van der Waals surface area contributed by atoms with Gasteiger partial charge in [-0.25, -0.2) is 4.98 Å². The highest BCUT2D eigenvalue weighted by Crippen LogP contribution is 2.27. The lowest BCUT2D eigenvalue weighted by atomic mass is 10.00. The first-order valence-corrected chi connectivity index (χ1v) is 10.2.